The van der Waals surface area contributed by atoms with Gasteiger partial charge in [0, 0.05) is 0 Å². The third-order valence-corrected chi connectivity index (χ3v) is 8.61. The highest BCUT2D eigenvalue weighted by atomic mass is 16.4. The Morgan fingerprint density at radius 2 is 1.87 bits per heavy atom. The maximum Gasteiger partial charge on any atom is 0.312 e. The van der Waals surface area contributed by atoms with Gasteiger partial charge in [0.1, 0.15) is 0 Å². The summed E-state index contributed by atoms with van der Waals surface area (Å²) in [6, 6.07) is 0. The monoisotopic (exact) mass is 318 g/mol. The van der Waals surface area contributed by atoms with Gasteiger partial charge in [0.25, 0.3) is 0 Å². The van der Waals surface area contributed by atoms with Gasteiger partial charge in [0.15, 0.2) is 0 Å². The summed E-state index contributed by atoms with van der Waals surface area (Å²) in [5.41, 5.74) is 0.964. The molecule has 0 aromatic carbocycles. The van der Waals surface area contributed by atoms with Crippen molar-refractivity contribution < 1.29 is 15.0 Å². The summed E-state index contributed by atoms with van der Waals surface area (Å²) < 4.78 is 0. The fourth-order valence-electron chi connectivity index (χ4n) is 7.40. The van der Waals surface area contributed by atoms with Gasteiger partial charge in [0.05, 0.1) is 11.5 Å². The van der Waals surface area contributed by atoms with Crippen molar-refractivity contribution in [2.45, 2.75) is 71.8 Å². The highest BCUT2D eigenvalue weighted by molar-refractivity contribution is 5.76. The molecule has 0 heterocycles. The summed E-state index contributed by atoms with van der Waals surface area (Å²) in [6.07, 6.45) is 9.33. The maximum atomic E-state index is 12.1. The minimum absolute atomic E-state index is 0.0523. The average Bonchev–Trinajstić information content (AvgIpc) is 2.73. The van der Waals surface area contributed by atoms with Crippen LogP contribution < -0.4 is 0 Å². The molecule has 0 saturated heterocycles. The number of hydrogen-bond donors (Lipinski definition) is 2. The molecule has 4 aliphatic rings. The van der Waals surface area contributed by atoms with Crippen LogP contribution in [0.4, 0.5) is 0 Å². The minimum atomic E-state index is -0.983. The zero-order valence-corrected chi connectivity index (χ0v) is 14.6. The first-order valence-electron chi connectivity index (χ1n) is 9.35. The lowest BCUT2D eigenvalue weighted by molar-refractivity contribution is -0.200. The molecule has 4 aliphatic carbocycles. The first-order chi connectivity index (χ1) is 10.7. The molecule has 2 N–H and O–H groups in total. The molecular formula is C20H30O3. The summed E-state index contributed by atoms with van der Waals surface area (Å²) in [7, 11) is 0. The molecule has 128 valence electrons. The number of hydrogen-bond acceptors (Lipinski definition) is 2. The topological polar surface area (TPSA) is 57.5 Å². The number of carboxylic acids is 1. The smallest absolute Gasteiger partial charge is 0.312 e. The first-order valence-corrected chi connectivity index (χ1v) is 9.35. The summed E-state index contributed by atoms with van der Waals surface area (Å²) in [6.45, 7) is 6.45. The molecule has 0 amide bonds. The Kier molecular flexibility index (Phi) is 3.15. The van der Waals surface area contributed by atoms with Crippen molar-refractivity contribution in [2.75, 3.05) is 0 Å². The van der Waals surface area contributed by atoms with E-state index in [9.17, 15) is 15.0 Å². The zero-order chi connectivity index (χ0) is 16.6. The number of carboxylic acid groups (broad SMARTS) is 1. The van der Waals surface area contributed by atoms with Gasteiger partial charge in [0.2, 0.25) is 0 Å². The lowest BCUT2D eigenvalue weighted by Crippen LogP contribution is -2.62. The van der Waals surface area contributed by atoms with Gasteiger partial charge in [-0.05, 0) is 87.4 Å². The summed E-state index contributed by atoms with van der Waals surface area (Å²) >= 11 is 0. The number of carbonyl (C=O) groups is 1. The molecule has 23 heavy (non-hydrogen) atoms. The Hall–Kier alpha value is -0.830. The van der Waals surface area contributed by atoms with E-state index in [1.54, 1.807) is 12.5 Å². The van der Waals surface area contributed by atoms with Gasteiger partial charge < -0.3 is 10.2 Å². The molecule has 3 fully saturated rings. The van der Waals surface area contributed by atoms with E-state index in [1.807, 2.05) is 0 Å². The van der Waals surface area contributed by atoms with Gasteiger partial charge in [-0.25, -0.2) is 0 Å². The fraction of sp³-hybridized carbons (Fsp3) is 0.850. The van der Waals surface area contributed by atoms with Crippen LogP contribution >= 0.6 is 0 Å². The molecule has 4 rings (SSSR count). The predicted octanol–water partition coefficient (Wildman–Crippen LogP) is 4.01. The fourth-order valence-corrected chi connectivity index (χ4v) is 7.40. The van der Waals surface area contributed by atoms with Crippen molar-refractivity contribution in [3.8, 4) is 0 Å². The lowest BCUT2D eigenvalue weighted by atomic mass is 9.40. The van der Waals surface area contributed by atoms with Crippen LogP contribution in [0.2, 0.25) is 0 Å². The molecule has 0 aromatic rings. The van der Waals surface area contributed by atoms with E-state index >= 15 is 0 Å². The predicted molar refractivity (Wildman–Crippen MR) is 88.8 cm³/mol. The number of rotatable bonds is 1. The highest BCUT2D eigenvalue weighted by Crippen LogP contribution is 2.70. The van der Waals surface area contributed by atoms with E-state index in [0.29, 0.717) is 17.8 Å². The second kappa shape index (κ2) is 4.62. The highest BCUT2D eigenvalue weighted by Gasteiger charge is 2.66. The van der Waals surface area contributed by atoms with Gasteiger partial charge in [-0.1, -0.05) is 18.6 Å². The molecule has 2 bridgehead atoms. The van der Waals surface area contributed by atoms with E-state index in [0.717, 1.165) is 25.2 Å². The van der Waals surface area contributed by atoms with Gasteiger partial charge in [-0.3, -0.25) is 4.79 Å². The SMILES string of the molecule is CC1=CC23CCC4C(C)(CCC(O)C4(C)C(=O)O)C2CCC1C3. The molecule has 0 aromatic heterocycles. The van der Waals surface area contributed by atoms with Crippen LogP contribution in [-0.4, -0.2) is 22.3 Å². The molecule has 1 spiro atoms. The van der Waals surface area contributed by atoms with Crippen LogP contribution in [0.5, 0.6) is 0 Å². The second-order valence-electron chi connectivity index (χ2n) is 9.39. The molecular weight excluding hydrogens is 288 g/mol. The summed E-state index contributed by atoms with van der Waals surface area (Å²) in [5, 5.41) is 20.4. The van der Waals surface area contributed by atoms with Crippen LogP contribution in [0.1, 0.15) is 65.7 Å². The van der Waals surface area contributed by atoms with Crippen molar-refractivity contribution in [3.63, 3.8) is 0 Å². The van der Waals surface area contributed by atoms with Gasteiger partial charge in [-0.2, -0.15) is 0 Å². The van der Waals surface area contributed by atoms with Crippen LogP contribution in [0.15, 0.2) is 11.6 Å². The largest absolute Gasteiger partial charge is 0.481 e. The molecule has 3 heteroatoms. The van der Waals surface area contributed by atoms with Crippen LogP contribution in [-0.2, 0) is 4.79 Å². The minimum Gasteiger partial charge on any atom is -0.481 e. The zero-order valence-electron chi connectivity index (χ0n) is 14.6. The summed E-state index contributed by atoms with van der Waals surface area (Å²) in [5.74, 6) is 0.654. The average molecular weight is 318 g/mol. The van der Waals surface area contributed by atoms with E-state index in [4.69, 9.17) is 0 Å². The quantitative estimate of drug-likeness (QED) is 0.718. The Labute approximate surface area is 139 Å². The summed E-state index contributed by atoms with van der Waals surface area (Å²) in [4.78, 5) is 12.1. The number of allylic oxidation sites excluding steroid dienone is 2. The second-order valence-corrected chi connectivity index (χ2v) is 9.39. The Morgan fingerprint density at radius 3 is 2.57 bits per heavy atom. The van der Waals surface area contributed by atoms with E-state index < -0.39 is 17.5 Å². The van der Waals surface area contributed by atoms with Gasteiger partial charge >= 0.3 is 5.97 Å². The van der Waals surface area contributed by atoms with Crippen molar-refractivity contribution >= 4 is 5.97 Å². The third-order valence-electron chi connectivity index (χ3n) is 8.61. The maximum absolute atomic E-state index is 12.1. The first kappa shape index (κ1) is 15.7. The van der Waals surface area contributed by atoms with E-state index in [2.05, 4.69) is 19.9 Å². The van der Waals surface area contributed by atoms with Crippen LogP contribution in [0.3, 0.4) is 0 Å². The van der Waals surface area contributed by atoms with Crippen LogP contribution in [0, 0.1) is 34.0 Å². The number of aliphatic carboxylic acids is 1. The molecule has 0 aliphatic heterocycles. The Bertz CT molecular complexity index is 581. The lowest BCUT2D eigenvalue weighted by Gasteiger charge is -2.64. The van der Waals surface area contributed by atoms with Gasteiger partial charge in [-0.15, -0.1) is 0 Å². The van der Waals surface area contributed by atoms with Crippen molar-refractivity contribution in [1.29, 1.82) is 0 Å². The molecule has 7 atom stereocenters. The number of aliphatic hydroxyl groups excluding tert-OH is 1. The van der Waals surface area contributed by atoms with Crippen LogP contribution in [0.25, 0.3) is 0 Å². The Morgan fingerprint density at radius 1 is 1.13 bits per heavy atom. The van der Waals surface area contributed by atoms with Crippen molar-refractivity contribution in [1.82, 2.24) is 0 Å². The molecule has 3 saturated carbocycles. The third kappa shape index (κ3) is 1.78. The standard InChI is InChI=1S/C20H30O3/c1-12-10-20-9-6-14-18(2,15(20)5-4-13(12)11-20)8-7-16(21)19(14,3)17(22)23/h10,13-16,21H,4-9,11H2,1-3H3,(H,22,23). The van der Waals surface area contributed by atoms with E-state index in [-0.39, 0.29) is 11.3 Å². The molecule has 0 radical (unpaired) electrons. The number of aliphatic hydroxyl groups is 1. The van der Waals surface area contributed by atoms with Crippen molar-refractivity contribution in [3.05, 3.63) is 11.6 Å². The molecule has 3 nitrogen and oxygen atoms in total. The molecule has 7 unspecified atom stereocenters. The normalized spacial score (nSPS) is 54.9. The Balaban J connectivity index is 1.78. The van der Waals surface area contributed by atoms with Crippen molar-refractivity contribution in [2.24, 2.45) is 34.0 Å². The number of fused-ring (bicyclic) bond motifs is 3. The van der Waals surface area contributed by atoms with E-state index in [1.165, 1.54) is 19.3 Å².